The van der Waals surface area contributed by atoms with Crippen molar-refractivity contribution in [1.29, 1.82) is 0 Å². The summed E-state index contributed by atoms with van der Waals surface area (Å²) in [7, 11) is 1.42. The molecule has 0 unspecified atom stereocenters. The van der Waals surface area contributed by atoms with E-state index in [-0.39, 0.29) is 23.1 Å². The summed E-state index contributed by atoms with van der Waals surface area (Å²) in [5, 5.41) is 0. The van der Waals surface area contributed by atoms with Crippen LogP contribution >= 0.6 is 0 Å². The lowest BCUT2D eigenvalue weighted by molar-refractivity contribution is -0.131. The van der Waals surface area contributed by atoms with Crippen LogP contribution in [0.1, 0.15) is 25.0 Å². The number of aromatic nitrogens is 1. The highest BCUT2D eigenvalue weighted by atomic mass is 19.1. The second kappa shape index (κ2) is 6.27. The number of rotatable bonds is 2. The molecular formula is C20H21FN2O3. The molecule has 1 amide bonds. The van der Waals surface area contributed by atoms with Crippen molar-refractivity contribution in [2.75, 3.05) is 20.2 Å². The molecule has 1 fully saturated rings. The van der Waals surface area contributed by atoms with Crippen LogP contribution in [0.4, 0.5) is 4.39 Å². The van der Waals surface area contributed by atoms with Crippen molar-refractivity contribution in [1.82, 2.24) is 9.47 Å². The molecule has 3 heterocycles. The molecule has 26 heavy (non-hydrogen) atoms. The first-order chi connectivity index (χ1) is 12.5. The van der Waals surface area contributed by atoms with E-state index in [1.165, 1.54) is 13.2 Å². The fourth-order valence-corrected chi connectivity index (χ4v) is 4.23. The normalized spacial score (nSPS) is 21.3. The number of halogens is 1. The van der Waals surface area contributed by atoms with E-state index in [9.17, 15) is 14.0 Å². The summed E-state index contributed by atoms with van der Waals surface area (Å²) in [6.07, 6.45) is 0.976. The van der Waals surface area contributed by atoms with Gasteiger partial charge in [-0.1, -0.05) is 6.07 Å². The van der Waals surface area contributed by atoms with Gasteiger partial charge in [-0.15, -0.1) is 0 Å². The van der Waals surface area contributed by atoms with Gasteiger partial charge >= 0.3 is 0 Å². The molecule has 1 aromatic carbocycles. The van der Waals surface area contributed by atoms with Crippen molar-refractivity contribution in [3.8, 4) is 16.9 Å². The minimum absolute atomic E-state index is 0.0697. The van der Waals surface area contributed by atoms with Crippen LogP contribution in [-0.4, -0.2) is 35.6 Å². The van der Waals surface area contributed by atoms with Crippen LogP contribution in [0.25, 0.3) is 11.1 Å². The van der Waals surface area contributed by atoms with Gasteiger partial charge < -0.3 is 14.2 Å². The number of amides is 1. The zero-order valence-corrected chi connectivity index (χ0v) is 14.9. The van der Waals surface area contributed by atoms with E-state index in [0.29, 0.717) is 36.7 Å². The van der Waals surface area contributed by atoms with Crippen molar-refractivity contribution < 1.29 is 13.9 Å². The molecule has 0 saturated carbocycles. The number of carbonyl (C=O) groups excluding carboxylic acids is 1. The number of hydrogen-bond acceptors (Lipinski definition) is 3. The number of methoxy groups -OCH3 is 1. The van der Waals surface area contributed by atoms with E-state index in [1.807, 2.05) is 15.5 Å². The van der Waals surface area contributed by atoms with Crippen LogP contribution in [-0.2, 0) is 11.3 Å². The molecule has 5 nitrogen and oxygen atoms in total. The van der Waals surface area contributed by atoms with Gasteiger partial charge in [0.2, 0.25) is 5.91 Å². The van der Waals surface area contributed by atoms with E-state index < -0.39 is 5.82 Å². The highest BCUT2D eigenvalue weighted by Gasteiger charge is 2.35. The van der Waals surface area contributed by atoms with Crippen LogP contribution in [0.2, 0.25) is 0 Å². The number of carbonyl (C=O) groups is 1. The fraction of sp³-hybridized carbons (Fsp3) is 0.400. The van der Waals surface area contributed by atoms with E-state index in [4.69, 9.17) is 4.74 Å². The first-order valence-corrected chi connectivity index (χ1v) is 8.80. The average Bonchev–Trinajstić information content (AvgIpc) is 2.62. The molecule has 2 aliphatic rings. The van der Waals surface area contributed by atoms with Gasteiger partial charge in [0, 0.05) is 44.2 Å². The van der Waals surface area contributed by atoms with Gasteiger partial charge in [-0.2, -0.15) is 0 Å². The molecule has 136 valence electrons. The van der Waals surface area contributed by atoms with Crippen LogP contribution < -0.4 is 10.3 Å². The van der Waals surface area contributed by atoms with Gasteiger partial charge in [0.1, 0.15) is 0 Å². The third-order valence-corrected chi connectivity index (χ3v) is 5.49. The van der Waals surface area contributed by atoms with Crippen LogP contribution in [0, 0.1) is 11.7 Å². The summed E-state index contributed by atoms with van der Waals surface area (Å²) in [5.74, 6) is 0.247. The highest BCUT2D eigenvalue weighted by molar-refractivity contribution is 5.73. The van der Waals surface area contributed by atoms with Crippen molar-refractivity contribution in [2.24, 2.45) is 5.92 Å². The molecule has 0 spiro atoms. The maximum absolute atomic E-state index is 14.1. The lowest BCUT2D eigenvalue weighted by Gasteiger charge is -2.42. The maximum Gasteiger partial charge on any atom is 0.251 e. The van der Waals surface area contributed by atoms with E-state index in [2.05, 4.69) is 0 Å². The number of likely N-dealkylation sites (tertiary alicyclic amines) is 1. The molecule has 1 aromatic heterocycles. The molecule has 2 aliphatic heterocycles. The van der Waals surface area contributed by atoms with Gasteiger partial charge in [0.05, 0.1) is 7.11 Å². The van der Waals surface area contributed by atoms with E-state index in [0.717, 1.165) is 12.1 Å². The van der Waals surface area contributed by atoms with Crippen LogP contribution in [0.15, 0.2) is 35.1 Å². The molecule has 4 rings (SSSR count). The minimum atomic E-state index is -0.455. The lowest BCUT2D eigenvalue weighted by atomic mass is 9.82. The number of pyridine rings is 1. The Balaban J connectivity index is 1.76. The Morgan fingerprint density at radius 3 is 2.65 bits per heavy atom. The number of piperidine rings is 1. The first kappa shape index (κ1) is 16.8. The van der Waals surface area contributed by atoms with Crippen molar-refractivity contribution >= 4 is 5.91 Å². The van der Waals surface area contributed by atoms with Gasteiger partial charge in [0.15, 0.2) is 11.6 Å². The summed E-state index contributed by atoms with van der Waals surface area (Å²) in [5.41, 5.74) is 2.21. The highest BCUT2D eigenvalue weighted by Crippen LogP contribution is 2.37. The third-order valence-electron chi connectivity index (χ3n) is 5.49. The number of hydrogen-bond donors (Lipinski definition) is 0. The Kier molecular flexibility index (Phi) is 4.05. The quantitative estimate of drug-likeness (QED) is 0.831. The predicted molar refractivity (Wildman–Crippen MR) is 95.8 cm³/mol. The first-order valence-electron chi connectivity index (χ1n) is 8.80. The Morgan fingerprint density at radius 1 is 1.15 bits per heavy atom. The number of nitrogens with zero attached hydrogens (tertiary/aromatic N) is 2. The minimum Gasteiger partial charge on any atom is -0.494 e. The number of fused-ring (bicyclic) bond motifs is 4. The summed E-state index contributed by atoms with van der Waals surface area (Å²) in [4.78, 5) is 26.3. The molecule has 2 atom stereocenters. The summed E-state index contributed by atoms with van der Waals surface area (Å²) in [6, 6.07) is 8.23. The van der Waals surface area contributed by atoms with Gasteiger partial charge in [0.25, 0.3) is 5.56 Å². The zero-order valence-electron chi connectivity index (χ0n) is 14.9. The molecular weight excluding hydrogens is 335 g/mol. The monoisotopic (exact) mass is 356 g/mol. The molecule has 0 aliphatic carbocycles. The summed E-state index contributed by atoms with van der Waals surface area (Å²) in [6.45, 7) is 3.56. The SMILES string of the molecule is COc1ccc(-c2cc3n(c(=O)c2)C[C@H]2C[C@@H]3CN(C(C)=O)C2)cc1F. The molecule has 1 saturated heterocycles. The zero-order chi connectivity index (χ0) is 18.4. The predicted octanol–water partition coefficient (Wildman–Crippen LogP) is 2.63. The largest absolute Gasteiger partial charge is 0.494 e. The Morgan fingerprint density at radius 2 is 1.96 bits per heavy atom. The topological polar surface area (TPSA) is 51.5 Å². The Bertz CT molecular complexity index is 937. The number of ether oxygens (including phenoxy) is 1. The second-order valence-corrected chi connectivity index (χ2v) is 7.19. The van der Waals surface area contributed by atoms with E-state index >= 15 is 0 Å². The molecule has 0 N–H and O–H groups in total. The lowest BCUT2D eigenvalue weighted by Crippen LogP contribution is -2.48. The number of benzene rings is 1. The van der Waals surface area contributed by atoms with E-state index in [1.54, 1.807) is 25.1 Å². The van der Waals surface area contributed by atoms with Crippen molar-refractivity contribution in [3.63, 3.8) is 0 Å². The standard InChI is InChI=1S/C20H21FN2O3/c1-12(24)22-9-13-5-16(11-22)18-7-15(8-20(25)23(18)10-13)14-3-4-19(26-2)17(21)6-14/h3-4,6-8,13,16H,5,9-11H2,1-2H3/t13-,16+/m0/s1. The summed E-state index contributed by atoms with van der Waals surface area (Å²) < 4.78 is 20.8. The maximum atomic E-state index is 14.1. The fourth-order valence-electron chi connectivity index (χ4n) is 4.23. The van der Waals surface area contributed by atoms with Crippen molar-refractivity contribution in [2.45, 2.75) is 25.8 Å². The van der Waals surface area contributed by atoms with Gasteiger partial charge in [-0.25, -0.2) is 4.39 Å². The molecule has 2 bridgehead atoms. The van der Waals surface area contributed by atoms with Gasteiger partial charge in [-0.3, -0.25) is 9.59 Å². The summed E-state index contributed by atoms with van der Waals surface area (Å²) >= 11 is 0. The second-order valence-electron chi connectivity index (χ2n) is 7.19. The van der Waals surface area contributed by atoms with Crippen LogP contribution in [0.5, 0.6) is 5.75 Å². The smallest absolute Gasteiger partial charge is 0.251 e. The van der Waals surface area contributed by atoms with Gasteiger partial charge in [-0.05, 0) is 41.7 Å². The molecule has 0 radical (unpaired) electrons. The van der Waals surface area contributed by atoms with Crippen LogP contribution in [0.3, 0.4) is 0 Å². The Labute approximate surface area is 151 Å². The molecule has 6 heteroatoms. The molecule has 2 aromatic rings. The Hall–Kier alpha value is -2.63. The van der Waals surface area contributed by atoms with Crippen molar-refractivity contribution in [3.05, 3.63) is 52.2 Å². The average molecular weight is 356 g/mol. The third kappa shape index (κ3) is 2.79.